The summed E-state index contributed by atoms with van der Waals surface area (Å²) in [6, 6.07) is 5.04. The van der Waals surface area contributed by atoms with Gasteiger partial charge in [-0.15, -0.1) is 0 Å². The first kappa shape index (κ1) is 18.2. The van der Waals surface area contributed by atoms with Gasteiger partial charge in [0.15, 0.2) is 6.29 Å². The van der Waals surface area contributed by atoms with Crippen LogP contribution in [0.15, 0.2) is 24.3 Å². The van der Waals surface area contributed by atoms with Crippen LogP contribution in [0.1, 0.15) is 0 Å². The summed E-state index contributed by atoms with van der Waals surface area (Å²) >= 11 is 0. The fourth-order valence-corrected chi connectivity index (χ4v) is 1.66. The van der Waals surface area contributed by atoms with Crippen LogP contribution in [0, 0.1) is 10.1 Å². The van der Waals surface area contributed by atoms with Crippen molar-refractivity contribution < 1.29 is 40.3 Å². The van der Waals surface area contributed by atoms with Crippen molar-refractivity contribution in [1.82, 2.24) is 0 Å². The minimum atomic E-state index is -1.57. The van der Waals surface area contributed by atoms with Crippen molar-refractivity contribution >= 4 is 5.69 Å². The van der Waals surface area contributed by atoms with E-state index in [-0.39, 0.29) is 11.4 Å². The number of phenols is 1. The van der Waals surface area contributed by atoms with Gasteiger partial charge < -0.3 is 35.4 Å². The number of hydrogen-bond donors (Lipinski definition) is 6. The standard InChI is InChI=1S/C6H5NO3.C6H12O6/c8-6-3-1-5(2-4-6)7(9)10;7-1-2-3(8)4(9)5(10)6(11)12-2/h1-4,8H;2-11H,1H2/t;2-,3-,4+,5+,6?/m.1/s1. The Hall–Kier alpha value is -1.82. The molecular formula is C12H17NO9. The van der Waals surface area contributed by atoms with Crippen molar-refractivity contribution in [3.8, 4) is 5.75 Å². The highest BCUT2D eigenvalue weighted by atomic mass is 16.6. The summed E-state index contributed by atoms with van der Waals surface area (Å²) in [5, 5.41) is 63.4. The van der Waals surface area contributed by atoms with Crippen molar-refractivity contribution in [3.63, 3.8) is 0 Å². The topological polar surface area (TPSA) is 174 Å². The van der Waals surface area contributed by atoms with Gasteiger partial charge in [0.05, 0.1) is 11.5 Å². The molecule has 5 atom stereocenters. The zero-order chi connectivity index (χ0) is 16.9. The summed E-state index contributed by atoms with van der Waals surface area (Å²) in [6.45, 7) is -0.526. The molecule has 22 heavy (non-hydrogen) atoms. The fraction of sp³-hybridized carbons (Fsp3) is 0.500. The highest BCUT2D eigenvalue weighted by Crippen LogP contribution is 2.19. The maximum Gasteiger partial charge on any atom is 0.269 e. The van der Waals surface area contributed by atoms with Crippen LogP contribution < -0.4 is 0 Å². The SMILES string of the molecule is O=[N+]([O-])c1ccc(O)cc1.OC[C@H]1OC(O)[C@@H](O)[C@@H](O)[C@@H]1O. The van der Waals surface area contributed by atoms with E-state index in [4.69, 9.17) is 30.6 Å². The molecule has 0 saturated carbocycles. The van der Waals surface area contributed by atoms with Crippen LogP contribution in [0.25, 0.3) is 0 Å². The zero-order valence-corrected chi connectivity index (χ0v) is 11.3. The van der Waals surface area contributed by atoms with Crippen LogP contribution in [0.5, 0.6) is 5.75 Å². The molecule has 6 N–H and O–H groups in total. The van der Waals surface area contributed by atoms with Gasteiger partial charge in [-0.1, -0.05) is 0 Å². The number of hydrogen-bond acceptors (Lipinski definition) is 9. The van der Waals surface area contributed by atoms with Crippen LogP contribution in [0.3, 0.4) is 0 Å². The van der Waals surface area contributed by atoms with Crippen LogP contribution in [-0.4, -0.2) is 72.9 Å². The third kappa shape index (κ3) is 4.59. The summed E-state index contributed by atoms with van der Waals surface area (Å²) in [5.41, 5.74) is -0.0159. The molecule has 1 saturated heterocycles. The Labute approximate surface area is 124 Å². The largest absolute Gasteiger partial charge is 0.508 e. The molecule has 0 amide bonds. The Bertz CT molecular complexity index is 475. The molecule has 1 aliphatic rings. The lowest BCUT2D eigenvalue weighted by Crippen LogP contribution is -2.58. The van der Waals surface area contributed by atoms with Crippen molar-refractivity contribution in [3.05, 3.63) is 34.4 Å². The number of non-ortho nitro benzene ring substituents is 1. The number of phenolic OH excluding ortho intramolecular Hbond substituents is 1. The number of nitro benzene ring substituents is 1. The highest BCUT2D eigenvalue weighted by Gasteiger charge is 2.42. The van der Waals surface area contributed by atoms with Crippen LogP contribution >= 0.6 is 0 Å². The number of aliphatic hydroxyl groups excluding tert-OH is 5. The average Bonchev–Trinajstić information content (AvgIpc) is 2.50. The first-order valence-corrected chi connectivity index (χ1v) is 6.20. The van der Waals surface area contributed by atoms with Crippen molar-refractivity contribution in [2.24, 2.45) is 0 Å². The molecule has 1 fully saturated rings. The highest BCUT2D eigenvalue weighted by molar-refractivity contribution is 5.34. The van der Waals surface area contributed by atoms with Gasteiger partial charge in [-0.05, 0) is 12.1 Å². The number of rotatable bonds is 2. The fourth-order valence-electron chi connectivity index (χ4n) is 1.66. The van der Waals surface area contributed by atoms with Gasteiger partial charge in [0.25, 0.3) is 5.69 Å². The van der Waals surface area contributed by atoms with E-state index in [0.29, 0.717) is 0 Å². The van der Waals surface area contributed by atoms with E-state index in [9.17, 15) is 10.1 Å². The lowest BCUT2D eigenvalue weighted by molar-refractivity contribution is -0.384. The maximum absolute atomic E-state index is 10.0. The molecule has 0 bridgehead atoms. The van der Waals surface area contributed by atoms with Crippen molar-refractivity contribution in [2.75, 3.05) is 6.61 Å². The Kier molecular flexibility index (Phi) is 6.61. The lowest BCUT2D eigenvalue weighted by Gasteiger charge is -2.37. The minimum absolute atomic E-state index is 0.0159. The molecule has 10 heteroatoms. The Morgan fingerprint density at radius 2 is 1.59 bits per heavy atom. The monoisotopic (exact) mass is 319 g/mol. The summed E-state index contributed by atoms with van der Waals surface area (Å²) in [7, 11) is 0. The van der Waals surface area contributed by atoms with Gasteiger partial charge >= 0.3 is 0 Å². The third-order valence-corrected chi connectivity index (χ3v) is 2.93. The second-order valence-corrected chi connectivity index (χ2v) is 4.49. The van der Waals surface area contributed by atoms with E-state index in [1.54, 1.807) is 0 Å². The van der Waals surface area contributed by atoms with Gasteiger partial charge in [0.2, 0.25) is 0 Å². The second-order valence-electron chi connectivity index (χ2n) is 4.49. The molecule has 1 aromatic rings. The molecule has 1 aliphatic heterocycles. The molecule has 0 aromatic heterocycles. The van der Waals surface area contributed by atoms with E-state index < -0.39 is 42.2 Å². The summed E-state index contributed by atoms with van der Waals surface area (Å²) in [5.74, 6) is 0.0330. The summed E-state index contributed by atoms with van der Waals surface area (Å²) in [6.07, 6.45) is -7.04. The molecule has 0 radical (unpaired) electrons. The molecular weight excluding hydrogens is 302 g/mol. The maximum atomic E-state index is 10.0. The van der Waals surface area contributed by atoms with Crippen LogP contribution in [0.2, 0.25) is 0 Å². The smallest absolute Gasteiger partial charge is 0.269 e. The molecule has 1 heterocycles. The first-order valence-electron chi connectivity index (χ1n) is 6.20. The van der Waals surface area contributed by atoms with Gasteiger partial charge in [-0.2, -0.15) is 0 Å². The van der Waals surface area contributed by atoms with E-state index >= 15 is 0 Å². The molecule has 0 spiro atoms. The van der Waals surface area contributed by atoms with Gasteiger partial charge in [-0.3, -0.25) is 10.1 Å². The van der Waals surface area contributed by atoms with E-state index in [2.05, 4.69) is 4.74 Å². The predicted octanol–water partition coefficient (Wildman–Crippen LogP) is -1.92. The Balaban J connectivity index is 0.000000224. The Morgan fingerprint density at radius 1 is 1.05 bits per heavy atom. The normalized spacial score (nSPS) is 31.0. The van der Waals surface area contributed by atoms with Gasteiger partial charge in [0, 0.05) is 12.1 Å². The van der Waals surface area contributed by atoms with Crippen LogP contribution in [0.4, 0.5) is 5.69 Å². The van der Waals surface area contributed by atoms with E-state index in [1.165, 1.54) is 24.3 Å². The second kappa shape index (κ2) is 7.98. The van der Waals surface area contributed by atoms with E-state index in [1.807, 2.05) is 0 Å². The lowest BCUT2D eigenvalue weighted by atomic mass is 10.00. The summed E-state index contributed by atoms with van der Waals surface area (Å²) < 4.78 is 4.58. The number of ether oxygens (including phenoxy) is 1. The number of nitro groups is 1. The third-order valence-electron chi connectivity index (χ3n) is 2.93. The minimum Gasteiger partial charge on any atom is -0.508 e. The Morgan fingerprint density at radius 3 is 2.05 bits per heavy atom. The van der Waals surface area contributed by atoms with Crippen molar-refractivity contribution in [1.29, 1.82) is 0 Å². The number of benzene rings is 1. The number of aromatic hydroxyl groups is 1. The molecule has 1 aromatic carbocycles. The van der Waals surface area contributed by atoms with Crippen LogP contribution in [-0.2, 0) is 4.74 Å². The number of aliphatic hydroxyl groups is 5. The molecule has 2 rings (SSSR count). The van der Waals surface area contributed by atoms with Crippen molar-refractivity contribution in [2.45, 2.75) is 30.7 Å². The predicted molar refractivity (Wildman–Crippen MR) is 70.7 cm³/mol. The van der Waals surface area contributed by atoms with Gasteiger partial charge in [-0.25, -0.2) is 0 Å². The quantitative estimate of drug-likeness (QED) is 0.268. The molecule has 0 aliphatic carbocycles. The summed E-state index contributed by atoms with van der Waals surface area (Å²) in [4.78, 5) is 9.52. The number of nitrogens with zero attached hydrogens (tertiary/aromatic N) is 1. The molecule has 124 valence electrons. The molecule has 1 unspecified atom stereocenters. The molecule has 10 nitrogen and oxygen atoms in total. The van der Waals surface area contributed by atoms with E-state index in [0.717, 1.165) is 0 Å². The van der Waals surface area contributed by atoms with Gasteiger partial charge in [0.1, 0.15) is 30.2 Å². The first-order chi connectivity index (χ1) is 10.3. The average molecular weight is 319 g/mol. The zero-order valence-electron chi connectivity index (χ0n) is 11.3.